The monoisotopic (exact) mass is 245 g/mol. The quantitative estimate of drug-likeness (QED) is 0.900. The number of nitrogens with one attached hydrogen (secondary N) is 1. The SMILES string of the molecule is COc1cccc(-n2cc(C)nc2NC(C)C)c1. The van der Waals surface area contributed by atoms with Crippen LogP contribution in [-0.4, -0.2) is 22.7 Å². The number of hydrogen-bond acceptors (Lipinski definition) is 3. The van der Waals surface area contributed by atoms with Gasteiger partial charge in [-0.25, -0.2) is 4.98 Å². The Kier molecular flexibility index (Phi) is 3.55. The van der Waals surface area contributed by atoms with Gasteiger partial charge in [0.1, 0.15) is 5.75 Å². The number of rotatable bonds is 4. The van der Waals surface area contributed by atoms with Crippen LogP contribution in [0.15, 0.2) is 30.5 Å². The van der Waals surface area contributed by atoms with E-state index in [-0.39, 0.29) is 0 Å². The summed E-state index contributed by atoms with van der Waals surface area (Å²) >= 11 is 0. The van der Waals surface area contributed by atoms with Crippen molar-refractivity contribution in [2.75, 3.05) is 12.4 Å². The number of aromatic nitrogens is 2. The highest BCUT2D eigenvalue weighted by Crippen LogP contribution is 2.21. The molecule has 18 heavy (non-hydrogen) atoms. The van der Waals surface area contributed by atoms with Gasteiger partial charge in [0.05, 0.1) is 18.5 Å². The highest BCUT2D eigenvalue weighted by molar-refractivity contribution is 5.46. The number of methoxy groups -OCH3 is 1. The lowest BCUT2D eigenvalue weighted by atomic mass is 10.3. The van der Waals surface area contributed by atoms with Crippen molar-refractivity contribution in [2.24, 2.45) is 0 Å². The molecule has 0 aliphatic carbocycles. The number of aryl methyl sites for hydroxylation is 1. The van der Waals surface area contributed by atoms with E-state index < -0.39 is 0 Å². The maximum absolute atomic E-state index is 5.25. The standard InChI is InChI=1S/C14H19N3O/c1-10(2)15-14-16-11(3)9-17(14)12-6-5-7-13(8-12)18-4/h5-10H,1-4H3,(H,15,16). The highest BCUT2D eigenvalue weighted by Gasteiger charge is 2.08. The molecule has 0 saturated carbocycles. The van der Waals surface area contributed by atoms with E-state index in [1.54, 1.807) is 7.11 Å². The average molecular weight is 245 g/mol. The first-order valence-electron chi connectivity index (χ1n) is 6.07. The molecule has 96 valence electrons. The number of nitrogens with zero attached hydrogens (tertiary/aromatic N) is 2. The summed E-state index contributed by atoms with van der Waals surface area (Å²) in [5, 5.41) is 3.34. The number of ether oxygens (including phenoxy) is 1. The van der Waals surface area contributed by atoms with E-state index in [0.717, 1.165) is 23.1 Å². The van der Waals surface area contributed by atoms with Crippen LogP contribution in [-0.2, 0) is 0 Å². The molecular weight excluding hydrogens is 226 g/mol. The molecule has 0 aliphatic rings. The molecule has 2 aromatic rings. The smallest absolute Gasteiger partial charge is 0.207 e. The number of imidazole rings is 1. The molecule has 0 fully saturated rings. The minimum Gasteiger partial charge on any atom is -0.497 e. The molecule has 4 nitrogen and oxygen atoms in total. The molecular formula is C14H19N3O. The van der Waals surface area contributed by atoms with Gasteiger partial charge in [0, 0.05) is 18.3 Å². The molecule has 0 saturated heterocycles. The van der Waals surface area contributed by atoms with Gasteiger partial charge in [-0.2, -0.15) is 0 Å². The van der Waals surface area contributed by atoms with E-state index in [9.17, 15) is 0 Å². The summed E-state index contributed by atoms with van der Waals surface area (Å²) in [6, 6.07) is 8.28. The first kappa shape index (κ1) is 12.5. The van der Waals surface area contributed by atoms with Crippen LogP contribution in [0.5, 0.6) is 5.75 Å². The molecule has 1 N–H and O–H groups in total. The Morgan fingerprint density at radius 2 is 2.11 bits per heavy atom. The van der Waals surface area contributed by atoms with Crippen LogP contribution in [0, 0.1) is 6.92 Å². The average Bonchev–Trinajstić information content (AvgIpc) is 2.69. The van der Waals surface area contributed by atoms with Gasteiger partial charge in [-0.3, -0.25) is 4.57 Å². The molecule has 2 rings (SSSR count). The van der Waals surface area contributed by atoms with E-state index >= 15 is 0 Å². The lowest BCUT2D eigenvalue weighted by molar-refractivity contribution is 0.414. The fourth-order valence-electron chi connectivity index (χ4n) is 1.81. The van der Waals surface area contributed by atoms with Crippen molar-refractivity contribution in [2.45, 2.75) is 26.8 Å². The summed E-state index contributed by atoms with van der Waals surface area (Å²) in [5.41, 5.74) is 2.03. The van der Waals surface area contributed by atoms with Crippen LogP contribution in [0.3, 0.4) is 0 Å². The van der Waals surface area contributed by atoms with Crippen LogP contribution in [0.2, 0.25) is 0 Å². The van der Waals surface area contributed by atoms with E-state index in [2.05, 4.69) is 24.1 Å². The second-order valence-corrected chi connectivity index (χ2v) is 4.58. The van der Waals surface area contributed by atoms with Crippen molar-refractivity contribution in [1.29, 1.82) is 0 Å². The Hall–Kier alpha value is -1.97. The Morgan fingerprint density at radius 1 is 1.33 bits per heavy atom. The molecule has 0 bridgehead atoms. The van der Waals surface area contributed by atoms with Crippen molar-refractivity contribution in [1.82, 2.24) is 9.55 Å². The summed E-state index contributed by atoms with van der Waals surface area (Å²) in [6.45, 7) is 6.18. The zero-order valence-corrected chi connectivity index (χ0v) is 11.3. The Bertz CT molecular complexity index is 532. The molecule has 0 atom stereocenters. The van der Waals surface area contributed by atoms with E-state index in [1.807, 2.05) is 42.0 Å². The third-order valence-electron chi connectivity index (χ3n) is 2.58. The molecule has 0 radical (unpaired) electrons. The summed E-state index contributed by atoms with van der Waals surface area (Å²) in [4.78, 5) is 4.49. The maximum atomic E-state index is 5.25. The fraction of sp³-hybridized carbons (Fsp3) is 0.357. The summed E-state index contributed by atoms with van der Waals surface area (Å²) in [7, 11) is 1.67. The molecule has 0 spiro atoms. The summed E-state index contributed by atoms with van der Waals surface area (Å²) in [5.74, 6) is 1.70. The van der Waals surface area contributed by atoms with Crippen LogP contribution < -0.4 is 10.1 Å². The van der Waals surface area contributed by atoms with Crippen LogP contribution >= 0.6 is 0 Å². The van der Waals surface area contributed by atoms with Crippen molar-refractivity contribution in [3.8, 4) is 11.4 Å². The molecule has 0 aliphatic heterocycles. The van der Waals surface area contributed by atoms with Gasteiger partial charge in [-0.1, -0.05) is 6.07 Å². The van der Waals surface area contributed by atoms with Gasteiger partial charge in [0.2, 0.25) is 5.95 Å². The Balaban J connectivity index is 2.42. The third-order valence-corrected chi connectivity index (χ3v) is 2.58. The number of anilines is 1. The van der Waals surface area contributed by atoms with Gasteiger partial charge in [0.25, 0.3) is 0 Å². The van der Waals surface area contributed by atoms with Crippen LogP contribution in [0.1, 0.15) is 19.5 Å². The zero-order valence-electron chi connectivity index (χ0n) is 11.3. The van der Waals surface area contributed by atoms with E-state index in [4.69, 9.17) is 4.74 Å². The van der Waals surface area contributed by atoms with Crippen LogP contribution in [0.25, 0.3) is 5.69 Å². The van der Waals surface area contributed by atoms with Crippen molar-refractivity contribution in [3.05, 3.63) is 36.2 Å². The molecule has 1 aromatic heterocycles. The van der Waals surface area contributed by atoms with Crippen molar-refractivity contribution in [3.63, 3.8) is 0 Å². The van der Waals surface area contributed by atoms with Gasteiger partial charge >= 0.3 is 0 Å². The van der Waals surface area contributed by atoms with Gasteiger partial charge in [0.15, 0.2) is 0 Å². The largest absolute Gasteiger partial charge is 0.497 e. The predicted octanol–water partition coefficient (Wildman–Crippen LogP) is 3.01. The molecule has 0 unspecified atom stereocenters. The fourth-order valence-corrected chi connectivity index (χ4v) is 1.81. The van der Waals surface area contributed by atoms with Crippen LogP contribution in [0.4, 0.5) is 5.95 Å². The lowest BCUT2D eigenvalue weighted by Crippen LogP contribution is -2.13. The normalized spacial score (nSPS) is 10.7. The third kappa shape index (κ3) is 2.64. The highest BCUT2D eigenvalue weighted by atomic mass is 16.5. The first-order valence-corrected chi connectivity index (χ1v) is 6.07. The molecule has 4 heteroatoms. The van der Waals surface area contributed by atoms with Gasteiger partial charge in [-0.15, -0.1) is 0 Å². The summed E-state index contributed by atoms with van der Waals surface area (Å²) < 4.78 is 7.29. The van der Waals surface area contributed by atoms with E-state index in [0.29, 0.717) is 6.04 Å². The van der Waals surface area contributed by atoms with E-state index in [1.165, 1.54) is 0 Å². The second-order valence-electron chi connectivity index (χ2n) is 4.58. The zero-order chi connectivity index (χ0) is 13.1. The Morgan fingerprint density at radius 3 is 2.78 bits per heavy atom. The topological polar surface area (TPSA) is 39.1 Å². The minimum atomic E-state index is 0.344. The minimum absolute atomic E-state index is 0.344. The molecule has 0 amide bonds. The second kappa shape index (κ2) is 5.12. The number of hydrogen-bond donors (Lipinski definition) is 1. The first-order chi connectivity index (χ1) is 8.60. The number of benzene rings is 1. The Labute approximate surface area is 108 Å². The summed E-state index contributed by atoms with van der Waals surface area (Å²) in [6.07, 6.45) is 2.01. The van der Waals surface area contributed by atoms with Crippen molar-refractivity contribution < 1.29 is 4.74 Å². The lowest BCUT2D eigenvalue weighted by Gasteiger charge is -2.12. The predicted molar refractivity (Wildman–Crippen MR) is 73.6 cm³/mol. The van der Waals surface area contributed by atoms with Gasteiger partial charge in [-0.05, 0) is 32.9 Å². The molecule has 1 aromatic carbocycles. The molecule has 1 heterocycles. The van der Waals surface area contributed by atoms with Gasteiger partial charge < -0.3 is 10.1 Å². The van der Waals surface area contributed by atoms with Crippen molar-refractivity contribution >= 4 is 5.95 Å². The maximum Gasteiger partial charge on any atom is 0.207 e.